The van der Waals surface area contributed by atoms with E-state index in [1.807, 2.05) is 13.0 Å². The first-order chi connectivity index (χ1) is 13.5. The number of aliphatic imine (C=N–C) groups is 1. The third kappa shape index (κ3) is 6.36. The number of rotatable bonds is 8. The summed E-state index contributed by atoms with van der Waals surface area (Å²) in [5.74, 6) is 2.22. The maximum Gasteiger partial charge on any atom is 0.191 e. The summed E-state index contributed by atoms with van der Waals surface area (Å²) in [5, 5.41) is 6.76. The number of nitrogens with one attached hydrogen (secondary N) is 2. The van der Waals surface area contributed by atoms with E-state index in [1.54, 1.807) is 19.2 Å². The fourth-order valence-electron chi connectivity index (χ4n) is 3.62. The molecule has 6 heteroatoms. The van der Waals surface area contributed by atoms with Gasteiger partial charge in [0.25, 0.3) is 0 Å². The fraction of sp³-hybridized carbons (Fsp3) is 0.682. The lowest BCUT2D eigenvalue weighted by Crippen LogP contribution is -2.40. The Kier molecular flexibility index (Phi) is 7.54. The molecule has 0 bridgehead atoms. The van der Waals surface area contributed by atoms with Crippen LogP contribution < -0.4 is 15.4 Å². The molecule has 3 rings (SSSR count). The summed E-state index contributed by atoms with van der Waals surface area (Å²) in [6.45, 7) is 5.94. The highest BCUT2D eigenvalue weighted by Crippen LogP contribution is 2.30. The molecule has 28 heavy (non-hydrogen) atoms. The molecule has 0 aromatic heterocycles. The number of guanidine groups is 1. The van der Waals surface area contributed by atoms with Crippen LogP contribution in [0, 0.1) is 17.7 Å². The molecule has 5 nitrogen and oxygen atoms in total. The standard InChI is InChI=1S/C22H35FN4O/c1-16(19-6-7-21(20(23)14-19)28-15-18-4-5-18)26-22(24-2)25-11-8-17-9-12-27(3)13-10-17/h6-7,14,16-18H,4-5,8-13,15H2,1-3H3,(H2,24,25,26). The van der Waals surface area contributed by atoms with E-state index in [4.69, 9.17) is 4.74 Å². The number of ether oxygens (including phenoxy) is 1. The van der Waals surface area contributed by atoms with Crippen LogP contribution >= 0.6 is 0 Å². The molecular weight excluding hydrogens is 355 g/mol. The lowest BCUT2D eigenvalue weighted by atomic mass is 9.94. The topological polar surface area (TPSA) is 48.9 Å². The molecule has 156 valence electrons. The van der Waals surface area contributed by atoms with Gasteiger partial charge in [0.15, 0.2) is 17.5 Å². The molecule has 0 radical (unpaired) electrons. The molecule has 1 atom stereocenters. The van der Waals surface area contributed by atoms with Crippen molar-refractivity contribution in [1.82, 2.24) is 15.5 Å². The summed E-state index contributed by atoms with van der Waals surface area (Å²) < 4.78 is 19.9. The van der Waals surface area contributed by atoms with Gasteiger partial charge in [-0.25, -0.2) is 4.39 Å². The number of hydrogen-bond acceptors (Lipinski definition) is 3. The number of benzene rings is 1. The Balaban J connectivity index is 1.43. The second-order valence-corrected chi connectivity index (χ2v) is 8.34. The van der Waals surface area contributed by atoms with Crippen LogP contribution in [-0.2, 0) is 0 Å². The van der Waals surface area contributed by atoms with E-state index in [9.17, 15) is 4.39 Å². The molecule has 1 unspecified atom stereocenters. The largest absolute Gasteiger partial charge is 0.490 e. The predicted molar refractivity (Wildman–Crippen MR) is 112 cm³/mol. The first-order valence-electron chi connectivity index (χ1n) is 10.6. The molecule has 1 heterocycles. The number of hydrogen-bond donors (Lipinski definition) is 2. The predicted octanol–water partition coefficient (Wildman–Crippen LogP) is 3.57. The molecule has 1 saturated carbocycles. The van der Waals surface area contributed by atoms with E-state index in [2.05, 4.69) is 27.6 Å². The number of likely N-dealkylation sites (tertiary alicyclic amines) is 1. The second kappa shape index (κ2) is 10.1. The quantitative estimate of drug-likeness (QED) is 0.526. The van der Waals surface area contributed by atoms with Crippen molar-refractivity contribution >= 4 is 5.96 Å². The molecule has 2 fully saturated rings. The van der Waals surface area contributed by atoms with Crippen LogP contribution in [0.2, 0.25) is 0 Å². The monoisotopic (exact) mass is 390 g/mol. The summed E-state index contributed by atoms with van der Waals surface area (Å²) in [7, 11) is 3.96. The van der Waals surface area contributed by atoms with Crippen molar-refractivity contribution in [2.45, 2.75) is 45.1 Å². The van der Waals surface area contributed by atoms with Crippen LogP contribution in [0.5, 0.6) is 5.75 Å². The highest BCUT2D eigenvalue weighted by atomic mass is 19.1. The van der Waals surface area contributed by atoms with Crippen LogP contribution in [-0.4, -0.2) is 51.2 Å². The normalized spacial score (nSPS) is 20.1. The van der Waals surface area contributed by atoms with Crippen LogP contribution in [0.25, 0.3) is 0 Å². The van der Waals surface area contributed by atoms with Crippen molar-refractivity contribution < 1.29 is 9.13 Å². The second-order valence-electron chi connectivity index (χ2n) is 8.34. The molecule has 1 saturated heterocycles. The van der Waals surface area contributed by atoms with Crippen molar-refractivity contribution in [2.24, 2.45) is 16.8 Å². The highest BCUT2D eigenvalue weighted by molar-refractivity contribution is 5.80. The molecule has 0 spiro atoms. The number of halogens is 1. The minimum absolute atomic E-state index is 0.0403. The average Bonchev–Trinajstić information content (AvgIpc) is 3.52. The zero-order chi connectivity index (χ0) is 19.9. The van der Waals surface area contributed by atoms with Crippen molar-refractivity contribution in [3.63, 3.8) is 0 Å². The fourth-order valence-corrected chi connectivity index (χ4v) is 3.62. The van der Waals surface area contributed by atoms with Crippen LogP contribution in [0.15, 0.2) is 23.2 Å². The summed E-state index contributed by atoms with van der Waals surface area (Å²) >= 11 is 0. The van der Waals surface area contributed by atoms with Gasteiger partial charge in [0.05, 0.1) is 12.6 Å². The van der Waals surface area contributed by atoms with Gasteiger partial charge in [-0.3, -0.25) is 4.99 Å². The summed E-state index contributed by atoms with van der Waals surface area (Å²) in [6, 6.07) is 5.18. The Morgan fingerprint density at radius 3 is 2.64 bits per heavy atom. The van der Waals surface area contributed by atoms with Crippen molar-refractivity contribution in [3.05, 3.63) is 29.6 Å². The molecular formula is C22H35FN4O. The maximum atomic E-state index is 14.3. The van der Waals surface area contributed by atoms with E-state index < -0.39 is 0 Å². The van der Waals surface area contributed by atoms with E-state index in [1.165, 1.54) is 38.8 Å². The van der Waals surface area contributed by atoms with E-state index in [0.717, 1.165) is 30.4 Å². The van der Waals surface area contributed by atoms with E-state index in [0.29, 0.717) is 18.3 Å². The van der Waals surface area contributed by atoms with Gasteiger partial charge in [-0.1, -0.05) is 6.07 Å². The first kappa shape index (κ1) is 20.9. The van der Waals surface area contributed by atoms with Gasteiger partial charge >= 0.3 is 0 Å². The Morgan fingerprint density at radius 1 is 1.25 bits per heavy atom. The zero-order valence-corrected chi connectivity index (χ0v) is 17.5. The highest BCUT2D eigenvalue weighted by Gasteiger charge is 2.22. The summed E-state index contributed by atoms with van der Waals surface area (Å²) in [6.07, 6.45) is 6.10. The van der Waals surface area contributed by atoms with Crippen LogP contribution in [0.3, 0.4) is 0 Å². The Labute approximate surface area is 168 Å². The smallest absolute Gasteiger partial charge is 0.191 e. The molecule has 1 aromatic carbocycles. The molecule has 2 aliphatic rings. The Bertz CT molecular complexity index is 654. The average molecular weight is 391 g/mol. The van der Waals surface area contributed by atoms with Gasteiger partial charge in [-0.2, -0.15) is 0 Å². The van der Waals surface area contributed by atoms with Gasteiger partial charge in [0, 0.05) is 13.6 Å². The SMILES string of the molecule is CN=C(NCCC1CCN(C)CC1)NC(C)c1ccc(OCC2CC2)c(F)c1. The lowest BCUT2D eigenvalue weighted by Gasteiger charge is -2.29. The minimum atomic E-state index is -0.294. The van der Waals surface area contributed by atoms with Gasteiger partial charge in [0.2, 0.25) is 0 Å². The Hall–Kier alpha value is -1.82. The number of piperidine rings is 1. The number of nitrogens with zero attached hydrogens (tertiary/aromatic N) is 2. The lowest BCUT2D eigenvalue weighted by molar-refractivity contribution is 0.213. The summed E-state index contributed by atoms with van der Waals surface area (Å²) in [4.78, 5) is 6.71. The van der Waals surface area contributed by atoms with E-state index >= 15 is 0 Å². The Morgan fingerprint density at radius 2 is 2.00 bits per heavy atom. The van der Waals surface area contributed by atoms with Gasteiger partial charge in [-0.05, 0) is 88.7 Å². The van der Waals surface area contributed by atoms with E-state index in [-0.39, 0.29) is 11.9 Å². The van der Waals surface area contributed by atoms with Crippen LogP contribution in [0.4, 0.5) is 4.39 Å². The first-order valence-corrected chi connectivity index (χ1v) is 10.6. The minimum Gasteiger partial charge on any atom is -0.490 e. The molecule has 1 aliphatic heterocycles. The molecule has 2 N–H and O–H groups in total. The third-order valence-electron chi connectivity index (χ3n) is 5.89. The molecule has 1 aromatic rings. The van der Waals surface area contributed by atoms with Crippen molar-refractivity contribution in [1.29, 1.82) is 0 Å². The zero-order valence-electron chi connectivity index (χ0n) is 17.5. The van der Waals surface area contributed by atoms with Crippen molar-refractivity contribution in [2.75, 3.05) is 40.3 Å². The summed E-state index contributed by atoms with van der Waals surface area (Å²) in [5.41, 5.74) is 0.884. The molecule has 0 amide bonds. The van der Waals surface area contributed by atoms with Crippen molar-refractivity contribution in [3.8, 4) is 5.75 Å². The van der Waals surface area contributed by atoms with Crippen LogP contribution in [0.1, 0.15) is 50.6 Å². The van der Waals surface area contributed by atoms with Gasteiger partial charge in [0.1, 0.15) is 0 Å². The van der Waals surface area contributed by atoms with Gasteiger partial charge < -0.3 is 20.3 Å². The third-order valence-corrected chi connectivity index (χ3v) is 5.89. The van der Waals surface area contributed by atoms with Gasteiger partial charge in [-0.15, -0.1) is 0 Å². The molecule has 1 aliphatic carbocycles. The maximum absolute atomic E-state index is 14.3.